The van der Waals surface area contributed by atoms with Gasteiger partial charge in [0, 0.05) is 12.1 Å². The number of hydrogen-bond acceptors (Lipinski definition) is 4. The van der Waals surface area contributed by atoms with Crippen LogP contribution in [0.25, 0.3) is 0 Å². The van der Waals surface area contributed by atoms with Gasteiger partial charge in [0.1, 0.15) is 0 Å². The zero-order valence-corrected chi connectivity index (χ0v) is 12.8. The fourth-order valence-electron chi connectivity index (χ4n) is 2.23. The second kappa shape index (κ2) is 7.46. The maximum absolute atomic E-state index is 11.5. The van der Waals surface area contributed by atoms with Crippen LogP contribution in [0.3, 0.4) is 0 Å². The molecule has 5 heteroatoms. The maximum Gasteiger partial charge on any atom is 0.151 e. The third-order valence-electron chi connectivity index (χ3n) is 3.72. The second-order valence-corrected chi connectivity index (χ2v) is 7.92. The van der Waals surface area contributed by atoms with Crippen molar-refractivity contribution in [3.05, 3.63) is 0 Å². The standard InChI is InChI=1S/C13H28N2O2S/c1-12(2)15(3)9-5-4-8-14-13-7-6-10-18(16,17)11-13/h12-14H,4-11H2,1-3H3. The molecule has 1 unspecified atom stereocenters. The lowest BCUT2D eigenvalue weighted by Crippen LogP contribution is -2.40. The molecule has 1 aliphatic heterocycles. The summed E-state index contributed by atoms with van der Waals surface area (Å²) in [5.41, 5.74) is 0. The highest BCUT2D eigenvalue weighted by Gasteiger charge is 2.23. The summed E-state index contributed by atoms with van der Waals surface area (Å²) in [4.78, 5) is 2.34. The highest BCUT2D eigenvalue weighted by molar-refractivity contribution is 7.91. The molecule has 4 nitrogen and oxygen atoms in total. The van der Waals surface area contributed by atoms with E-state index in [1.165, 1.54) is 6.42 Å². The van der Waals surface area contributed by atoms with Crippen molar-refractivity contribution in [3.8, 4) is 0 Å². The molecule has 1 aliphatic rings. The summed E-state index contributed by atoms with van der Waals surface area (Å²) in [7, 11) is -0.625. The average molecular weight is 276 g/mol. The molecule has 1 heterocycles. The third-order valence-corrected chi connectivity index (χ3v) is 5.54. The quantitative estimate of drug-likeness (QED) is 0.712. The monoisotopic (exact) mass is 276 g/mol. The molecule has 0 aromatic carbocycles. The Morgan fingerprint density at radius 1 is 1.33 bits per heavy atom. The molecule has 0 spiro atoms. The van der Waals surface area contributed by atoms with Crippen LogP contribution >= 0.6 is 0 Å². The highest BCUT2D eigenvalue weighted by atomic mass is 32.2. The van der Waals surface area contributed by atoms with E-state index in [1.54, 1.807) is 0 Å². The van der Waals surface area contributed by atoms with Crippen LogP contribution in [0.5, 0.6) is 0 Å². The van der Waals surface area contributed by atoms with E-state index in [1.807, 2.05) is 0 Å². The lowest BCUT2D eigenvalue weighted by molar-refractivity contribution is 0.267. The van der Waals surface area contributed by atoms with Crippen LogP contribution in [-0.2, 0) is 9.84 Å². The molecule has 1 atom stereocenters. The number of rotatable bonds is 7. The van der Waals surface area contributed by atoms with Gasteiger partial charge < -0.3 is 10.2 Å². The molecular weight excluding hydrogens is 248 g/mol. The second-order valence-electron chi connectivity index (χ2n) is 5.69. The molecule has 1 rings (SSSR count). The van der Waals surface area contributed by atoms with Gasteiger partial charge in [-0.3, -0.25) is 0 Å². The lowest BCUT2D eigenvalue weighted by Gasteiger charge is -2.24. The first-order valence-corrected chi connectivity index (χ1v) is 8.87. The van der Waals surface area contributed by atoms with Crippen LogP contribution in [0.2, 0.25) is 0 Å². The predicted octanol–water partition coefficient (Wildman–Crippen LogP) is 1.27. The summed E-state index contributed by atoms with van der Waals surface area (Å²) >= 11 is 0. The molecule has 1 fully saturated rings. The van der Waals surface area contributed by atoms with Crippen molar-refractivity contribution >= 4 is 9.84 Å². The Morgan fingerprint density at radius 2 is 2.06 bits per heavy atom. The Hall–Kier alpha value is -0.130. The average Bonchev–Trinajstić information content (AvgIpc) is 2.26. The van der Waals surface area contributed by atoms with Gasteiger partial charge in [0.25, 0.3) is 0 Å². The van der Waals surface area contributed by atoms with Crippen molar-refractivity contribution in [1.82, 2.24) is 10.2 Å². The van der Waals surface area contributed by atoms with Crippen LogP contribution in [-0.4, -0.2) is 57.0 Å². The highest BCUT2D eigenvalue weighted by Crippen LogP contribution is 2.11. The first-order chi connectivity index (χ1) is 8.41. The van der Waals surface area contributed by atoms with E-state index in [-0.39, 0.29) is 6.04 Å². The van der Waals surface area contributed by atoms with Crippen LogP contribution in [0, 0.1) is 0 Å². The molecule has 18 heavy (non-hydrogen) atoms. The lowest BCUT2D eigenvalue weighted by atomic mass is 10.2. The van der Waals surface area contributed by atoms with Gasteiger partial charge in [0.15, 0.2) is 9.84 Å². The van der Waals surface area contributed by atoms with Crippen molar-refractivity contribution in [2.75, 3.05) is 31.6 Å². The van der Waals surface area contributed by atoms with Gasteiger partial charge in [-0.05, 0) is 59.7 Å². The van der Waals surface area contributed by atoms with Gasteiger partial charge in [-0.1, -0.05) is 0 Å². The first-order valence-electron chi connectivity index (χ1n) is 7.05. The summed E-state index contributed by atoms with van der Waals surface area (Å²) in [5, 5.41) is 3.38. The summed E-state index contributed by atoms with van der Waals surface area (Å²) in [5.74, 6) is 0.712. The minimum absolute atomic E-state index is 0.187. The molecule has 0 aromatic rings. The minimum atomic E-state index is -2.77. The van der Waals surface area contributed by atoms with E-state index < -0.39 is 9.84 Å². The summed E-state index contributed by atoms with van der Waals surface area (Å²) < 4.78 is 22.9. The maximum atomic E-state index is 11.5. The van der Waals surface area contributed by atoms with E-state index in [4.69, 9.17) is 0 Å². The largest absolute Gasteiger partial charge is 0.313 e. The fourth-order valence-corrected chi connectivity index (χ4v) is 3.91. The third kappa shape index (κ3) is 6.16. The van der Waals surface area contributed by atoms with Crippen LogP contribution in [0.1, 0.15) is 39.5 Å². The normalized spacial score (nSPS) is 23.7. The van der Waals surface area contributed by atoms with Gasteiger partial charge in [-0.25, -0.2) is 8.42 Å². The number of hydrogen-bond donors (Lipinski definition) is 1. The molecule has 1 saturated heterocycles. The molecule has 0 aromatic heterocycles. The topological polar surface area (TPSA) is 49.4 Å². The first kappa shape index (κ1) is 15.9. The molecule has 108 valence electrons. The molecule has 0 amide bonds. The van der Waals surface area contributed by atoms with E-state index in [0.717, 1.165) is 32.4 Å². The molecule has 0 radical (unpaired) electrons. The van der Waals surface area contributed by atoms with Crippen LogP contribution < -0.4 is 5.32 Å². The van der Waals surface area contributed by atoms with E-state index >= 15 is 0 Å². The number of sulfone groups is 1. The molecular formula is C13H28N2O2S. The van der Waals surface area contributed by atoms with Gasteiger partial charge >= 0.3 is 0 Å². The molecule has 0 saturated carbocycles. The van der Waals surface area contributed by atoms with Crippen molar-refractivity contribution in [1.29, 1.82) is 0 Å². The van der Waals surface area contributed by atoms with Gasteiger partial charge in [-0.15, -0.1) is 0 Å². The van der Waals surface area contributed by atoms with Crippen molar-refractivity contribution in [3.63, 3.8) is 0 Å². The SMILES string of the molecule is CC(C)N(C)CCCCNC1CCCS(=O)(=O)C1. The Balaban J connectivity index is 2.08. The Morgan fingerprint density at radius 3 is 2.67 bits per heavy atom. The number of nitrogens with one attached hydrogen (secondary N) is 1. The van der Waals surface area contributed by atoms with Gasteiger partial charge in [0.05, 0.1) is 11.5 Å². The summed E-state index contributed by atoms with van der Waals surface area (Å²) in [6.45, 7) is 6.45. The Labute approximate surface area is 112 Å². The van der Waals surface area contributed by atoms with Crippen LogP contribution in [0.4, 0.5) is 0 Å². The predicted molar refractivity (Wildman–Crippen MR) is 76.7 cm³/mol. The van der Waals surface area contributed by atoms with Crippen molar-refractivity contribution in [2.45, 2.75) is 51.6 Å². The van der Waals surface area contributed by atoms with Crippen molar-refractivity contribution in [2.24, 2.45) is 0 Å². The Bertz CT molecular complexity index is 328. The fraction of sp³-hybridized carbons (Fsp3) is 1.00. The van der Waals surface area contributed by atoms with Gasteiger partial charge in [0.2, 0.25) is 0 Å². The molecule has 0 bridgehead atoms. The van der Waals surface area contributed by atoms with E-state index in [9.17, 15) is 8.42 Å². The summed E-state index contributed by atoms with van der Waals surface area (Å²) in [6.07, 6.45) is 4.11. The molecule has 1 N–H and O–H groups in total. The summed E-state index contributed by atoms with van der Waals surface area (Å²) in [6, 6.07) is 0.785. The number of nitrogens with zero attached hydrogens (tertiary/aromatic N) is 1. The van der Waals surface area contributed by atoms with Crippen molar-refractivity contribution < 1.29 is 8.42 Å². The Kier molecular flexibility index (Phi) is 6.60. The van der Waals surface area contributed by atoms with E-state index in [2.05, 4.69) is 31.1 Å². The number of unbranched alkanes of at least 4 members (excludes halogenated alkanes) is 1. The zero-order chi connectivity index (χ0) is 13.6. The molecule has 0 aliphatic carbocycles. The minimum Gasteiger partial charge on any atom is -0.313 e. The smallest absolute Gasteiger partial charge is 0.151 e. The zero-order valence-electron chi connectivity index (χ0n) is 12.0. The van der Waals surface area contributed by atoms with E-state index in [0.29, 0.717) is 17.5 Å². The van der Waals surface area contributed by atoms with Gasteiger partial charge in [-0.2, -0.15) is 0 Å². The van der Waals surface area contributed by atoms with Crippen LogP contribution in [0.15, 0.2) is 0 Å².